The first kappa shape index (κ1) is 18.4. The van der Waals surface area contributed by atoms with Crippen LogP contribution in [0.2, 0.25) is 0 Å². The van der Waals surface area contributed by atoms with E-state index >= 15 is 0 Å². The van der Waals surface area contributed by atoms with Gasteiger partial charge in [0.25, 0.3) is 0 Å². The summed E-state index contributed by atoms with van der Waals surface area (Å²) in [7, 11) is -1.74. The zero-order chi connectivity index (χ0) is 19.2. The number of hydrogen-bond acceptors (Lipinski definition) is 5. The van der Waals surface area contributed by atoms with Crippen LogP contribution in [0.1, 0.15) is 24.8 Å². The molecule has 2 aromatic rings. The fraction of sp³-hybridized carbons (Fsp3) is 0.556. The van der Waals surface area contributed by atoms with Gasteiger partial charge < -0.3 is 10.2 Å². The van der Waals surface area contributed by atoms with Gasteiger partial charge in [0.2, 0.25) is 15.9 Å². The second-order valence-corrected chi connectivity index (χ2v) is 9.49. The predicted octanol–water partition coefficient (Wildman–Crippen LogP) is 0.845. The number of carbonyl (C=O) groups excluding carboxylic acids is 1. The van der Waals surface area contributed by atoms with Crippen LogP contribution >= 0.6 is 0 Å². The first-order valence-electron chi connectivity index (χ1n) is 9.31. The second kappa shape index (κ2) is 6.88. The quantitative estimate of drug-likeness (QED) is 0.805. The molecule has 8 nitrogen and oxygen atoms in total. The third-order valence-corrected chi connectivity index (χ3v) is 7.42. The summed E-state index contributed by atoms with van der Waals surface area (Å²) in [6, 6.07) is 2.97. The average Bonchev–Trinajstić information content (AvgIpc) is 3.00. The molecular formula is C18H25N5O3S. The molecule has 1 aromatic carbocycles. The van der Waals surface area contributed by atoms with Crippen LogP contribution in [0.5, 0.6) is 0 Å². The number of aryl methyl sites for hydroxylation is 1. The number of sulfonamides is 1. The SMILES string of the molecule is Cc1cc(S(=O)(=O)N2CC[C@H]2C(=O)NC2CCCN(C)C2)c2[nH]ncc2c1. The number of benzene rings is 1. The third kappa shape index (κ3) is 3.35. The van der Waals surface area contributed by atoms with Crippen molar-refractivity contribution in [2.75, 3.05) is 26.7 Å². The number of hydrogen-bond donors (Lipinski definition) is 2. The summed E-state index contributed by atoms with van der Waals surface area (Å²) in [5.41, 5.74) is 1.33. The maximum Gasteiger partial charge on any atom is 0.245 e. The molecule has 2 fully saturated rings. The van der Waals surface area contributed by atoms with Crippen molar-refractivity contribution < 1.29 is 13.2 Å². The van der Waals surface area contributed by atoms with E-state index < -0.39 is 16.1 Å². The maximum atomic E-state index is 13.2. The molecule has 0 spiro atoms. The standard InChI is InChI=1S/C18H25N5O3S/c1-12-8-13-10-19-21-17(13)16(9-12)27(25,26)23-7-5-15(23)18(24)20-14-4-3-6-22(2)11-14/h8-10,14-15H,3-7,11H2,1-2H3,(H,19,21)(H,20,24)/t14?,15-/m0/s1. The van der Waals surface area contributed by atoms with Gasteiger partial charge in [-0.15, -0.1) is 0 Å². The number of likely N-dealkylation sites (tertiary alicyclic amines) is 1. The van der Waals surface area contributed by atoms with E-state index in [0.29, 0.717) is 18.5 Å². The smallest absolute Gasteiger partial charge is 0.245 e. The first-order valence-corrected chi connectivity index (χ1v) is 10.7. The third-order valence-electron chi connectivity index (χ3n) is 5.49. The van der Waals surface area contributed by atoms with Crippen LogP contribution < -0.4 is 5.32 Å². The number of fused-ring (bicyclic) bond motifs is 1. The first-order chi connectivity index (χ1) is 12.9. The molecule has 27 heavy (non-hydrogen) atoms. The lowest BCUT2D eigenvalue weighted by Crippen LogP contribution is -2.60. The molecule has 9 heteroatoms. The highest BCUT2D eigenvalue weighted by atomic mass is 32.2. The van der Waals surface area contributed by atoms with Gasteiger partial charge in [-0.1, -0.05) is 0 Å². The molecule has 0 radical (unpaired) electrons. The lowest BCUT2D eigenvalue weighted by molar-refractivity contribution is -0.128. The molecule has 2 aliphatic heterocycles. The van der Waals surface area contributed by atoms with Gasteiger partial charge >= 0.3 is 0 Å². The predicted molar refractivity (Wildman–Crippen MR) is 102 cm³/mol. The number of nitrogens with zero attached hydrogens (tertiary/aromatic N) is 3. The molecule has 2 aliphatic rings. The zero-order valence-electron chi connectivity index (χ0n) is 15.6. The van der Waals surface area contributed by atoms with Gasteiger partial charge in [0.05, 0.1) is 11.7 Å². The summed E-state index contributed by atoms with van der Waals surface area (Å²) >= 11 is 0. The van der Waals surface area contributed by atoms with Gasteiger partial charge in [-0.25, -0.2) is 8.42 Å². The Morgan fingerprint density at radius 3 is 2.81 bits per heavy atom. The van der Waals surface area contributed by atoms with Crippen molar-refractivity contribution >= 4 is 26.8 Å². The van der Waals surface area contributed by atoms with Crippen LogP contribution in [0.15, 0.2) is 23.2 Å². The number of nitrogens with one attached hydrogen (secondary N) is 2. The van der Waals surface area contributed by atoms with Crippen molar-refractivity contribution in [3.63, 3.8) is 0 Å². The van der Waals surface area contributed by atoms with E-state index in [0.717, 1.165) is 36.9 Å². The largest absolute Gasteiger partial charge is 0.351 e. The molecule has 0 bridgehead atoms. The lowest BCUT2D eigenvalue weighted by atomic mass is 10.0. The van der Waals surface area contributed by atoms with Crippen LogP contribution in [0, 0.1) is 6.92 Å². The minimum absolute atomic E-state index is 0.0830. The molecule has 2 N–H and O–H groups in total. The number of rotatable bonds is 4. The van der Waals surface area contributed by atoms with E-state index in [2.05, 4.69) is 20.4 Å². The summed E-state index contributed by atoms with van der Waals surface area (Å²) < 4.78 is 27.8. The van der Waals surface area contributed by atoms with E-state index in [1.54, 1.807) is 12.3 Å². The molecule has 1 unspecified atom stereocenters. The number of likely N-dealkylation sites (N-methyl/N-ethyl adjacent to an activating group) is 1. The van der Waals surface area contributed by atoms with Gasteiger partial charge in [-0.2, -0.15) is 9.40 Å². The molecule has 1 amide bonds. The minimum Gasteiger partial charge on any atom is -0.351 e. The number of aromatic amines is 1. The van der Waals surface area contributed by atoms with Gasteiger partial charge in [0, 0.05) is 24.5 Å². The highest BCUT2D eigenvalue weighted by molar-refractivity contribution is 7.89. The van der Waals surface area contributed by atoms with E-state index in [4.69, 9.17) is 0 Å². The zero-order valence-corrected chi connectivity index (χ0v) is 16.4. The summed E-state index contributed by atoms with van der Waals surface area (Å²) in [5.74, 6) is -0.196. The molecule has 2 atom stereocenters. The molecule has 1 aromatic heterocycles. The Bertz CT molecular complexity index is 971. The molecule has 0 aliphatic carbocycles. The number of amides is 1. The molecular weight excluding hydrogens is 366 g/mol. The Labute approximate surface area is 159 Å². The van der Waals surface area contributed by atoms with E-state index in [-0.39, 0.29) is 16.8 Å². The Hall–Kier alpha value is -1.97. The van der Waals surface area contributed by atoms with Crippen molar-refractivity contribution in [2.45, 2.75) is 43.2 Å². The van der Waals surface area contributed by atoms with Crippen molar-refractivity contribution in [3.8, 4) is 0 Å². The normalized spacial score (nSPS) is 24.7. The number of H-pyrrole nitrogens is 1. The van der Waals surface area contributed by atoms with Crippen LogP contribution in [0.4, 0.5) is 0 Å². The average molecular weight is 391 g/mol. The Kier molecular flexibility index (Phi) is 4.69. The number of aromatic nitrogens is 2. The molecule has 146 valence electrons. The Morgan fingerprint density at radius 2 is 2.11 bits per heavy atom. The Morgan fingerprint density at radius 1 is 1.30 bits per heavy atom. The highest BCUT2D eigenvalue weighted by Crippen LogP contribution is 2.31. The summed E-state index contributed by atoms with van der Waals surface area (Å²) in [6.07, 6.45) is 4.13. The number of carbonyl (C=O) groups is 1. The summed E-state index contributed by atoms with van der Waals surface area (Å²) in [6.45, 7) is 4.04. The van der Waals surface area contributed by atoms with Gasteiger partial charge in [0.1, 0.15) is 10.9 Å². The van der Waals surface area contributed by atoms with E-state index in [9.17, 15) is 13.2 Å². The van der Waals surface area contributed by atoms with Crippen LogP contribution in [0.25, 0.3) is 10.9 Å². The van der Waals surface area contributed by atoms with Gasteiger partial charge in [-0.3, -0.25) is 9.89 Å². The van der Waals surface area contributed by atoms with E-state index in [1.807, 2.05) is 20.0 Å². The molecule has 2 saturated heterocycles. The second-order valence-electron chi connectivity index (χ2n) is 7.63. The summed E-state index contributed by atoms with van der Waals surface area (Å²) in [4.78, 5) is 15.1. The van der Waals surface area contributed by atoms with Crippen molar-refractivity contribution in [2.24, 2.45) is 0 Å². The van der Waals surface area contributed by atoms with E-state index in [1.165, 1.54) is 4.31 Å². The topological polar surface area (TPSA) is 98.4 Å². The molecule has 3 heterocycles. The monoisotopic (exact) mass is 391 g/mol. The Balaban J connectivity index is 1.55. The van der Waals surface area contributed by atoms with Crippen LogP contribution in [-0.4, -0.2) is 72.5 Å². The minimum atomic E-state index is -3.78. The van der Waals surface area contributed by atoms with Gasteiger partial charge in [0.15, 0.2) is 0 Å². The van der Waals surface area contributed by atoms with Crippen molar-refractivity contribution in [3.05, 3.63) is 23.9 Å². The fourth-order valence-electron chi connectivity index (χ4n) is 3.99. The fourth-order valence-corrected chi connectivity index (χ4v) is 5.88. The molecule has 0 saturated carbocycles. The van der Waals surface area contributed by atoms with Crippen LogP contribution in [0.3, 0.4) is 0 Å². The lowest BCUT2D eigenvalue weighted by Gasteiger charge is -2.40. The molecule has 4 rings (SSSR count). The van der Waals surface area contributed by atoms with Crippen molar-refractivity contribution in [1.82, 2.24) is 24.7 Å². The highest BCUT2D eigenvalue weighted by Gasteiger charge is 2.44. The van der Waals surface area contributed by atoms with Crippen molar-refractivity contribution in [1.29, 1.82) is 0 Å². The number of piperidine rings is 1. The summed E-state index contributed by atoms with van der Waals surface area (Å²) in [5, 5.41) is 10.5. The van der Waals surface area contributed by atoms with Gasteiger partial charge in [-0.05, 0) is 57.5 Å². The maximum absolute atomic E-state index is 13.2. The van der Waals surface area contributed by atoms with Crippen LogP contribution in [-0.2, 0) is 14.8 Å².